The van der Waals surface area contributed by atoms with Crippen LogP contribution in [0.1, 0.15) is 44.2 Å². The Bertz CT molecular complexity index is 957. The molecule has 0 aliphatic heterocycles. The Labute approximate surface area is 179 Å². The monoisotopic (exact) mass is 402 g/mol. The molecular weight excluding hydrogens is 372 g/mol. The summed E-state index contributed by atoms with van der Waals surface area (Å²) >= 11 is 0. The topological polar surface area (TPSA) is 43.2 Å². The molecule has 0 amide bonds. The summed E-state index contributed by atoms with van der Waals surface area (Å²) in [4.78, 5) is 0. The molecule has 1 atom stereocenters. The van der Waals surface area contributed by atoms with Crippen molar-refractivity contribution in [1.29, 1.82) is 0 Å². The predicted molar refractivity (Wildman–Crippen MR) is 123 cm³/mol. The lowest BCUT2D eigenvalue weighted by molar-refractivity contribution is 0.385. The molecule has 4 nitrogen and oxygen atoms in total. The van der Waals surface area contributed by atoms with Crippen LogP contribution in [0.5, 0.6) is 11.5 Å². The van der Waals surface area contributed by atoms with E-state index < -0.39 is 0 Å². The Morgan fingerprint density at radius 3 is 1.83 bits per heavy atom. The first kappa shape index (κ1) is 21.6. The summed E-state index contributed by atoms with van der Waals surface area (Å²) in [6, 6.07) is 24.2. The summed E-state index contributed by atoms with van der Waals surface area (Å²) in [5, 5.41) is 8.62. The highest BCUT2D eigenvalue weighted by Crippen LogP contribution is 2.38. The molecule has 0 bridgehead atoms. The lowest BCUT2D eigenvalue weighted by atomic mass is 9.75. The van der Waals surface area contributed by atoms with Gasteiger partial charge in [-0.3, -0.25) is 0 Å². The number of hydrogen-bond acceptors (Lipinski definition) is 4. The van der Waals surface area contributed by atoms with Gasteiger partial charge < -0.3 is 9.47 Å². The van der Waals surface area contributed by atoms with Gasteiger partial charge in [0.05, 0.1) is 25.6 Å². The number of azo groups is 1. The molecule has 0 saturated carbocycles. The molecule has 0 fully saturated rings. The first-order chi connectivity index (χ1) is 14.4. The number of hydrogen-bond donors (Lipinski definition) is 0. The molecule has 0 aliphatic rings. The summed E-state index contributed by atoms with van der Waals surface area (Å²) in [7, 11) is 3.37. The fourth-order valence-corrected chi connectivity index (χ4v) is 3.68. The van der Waals surface area contributed by atoms with E-state index in [1.807, 2.05) is 48.5 Å². The minimum atomic E-state index is -0.0348. The van der Waals surface area contributed by atoms with Crippen LogP contribution in [0.2, 0.25) is 0 Å². The molecule has 0 saturated heterocycles. The number of benzene rings is 3. The molecule has 156 valence electrons. The van der Waals surface area contributed by atoms with E-state index in [9.17, 15) is 0 Å². The molecular formula is C26H30N2O2. The first-order valence-corrected chi connectivity index (χ1v) is 10.2. The van der Waals surface area contributed by atoms with Gasteiger partial charge >= 0.3 is 0 Å². The number of ether oxygens (including phenoxy) is 2. The van der Waals surface area contributed by atoms with Gasteiger partial charge in [-0.25, -0.2) is 0 Å². The molecule has 0 radical (unpaired) electrons. The molecule has 3 aromatic rings. The van der Waals surface area contributed by atoms with Crippen molar-refractivity contribution in [3.05, 3.63) is 83.9 Å². The van der Waals surface area contributed by atoms with Crippen molar-refractivity contribution < 1.29 is 9.47 Å². The van der Waals surface area contributed by atoms with Crippen LogP contribution in [0.3, 0.4) is 0 Å². The third-order valence-electron chi connectivity index (χ3n) is 5.45. The Kier molecular flexibility index (Phi) is 6.88. The van der Waals surface area contributed by atoms with Gasteiger partial charge in [-0.15, -0.1) is 0 Å². The van der Waals surface area contributed by atoms with Gasteiger partial charge in [-0.2, -0.15) is 10.2 Å². The van der Waals surface area contributed by atoms with E-state index >= 15 is 0 Å². The predicted octanol–water partition coefficient (Wildman–Crippen LogP) is 7.59. The van der Waals surface area contributed by atoms with Gasteiger partial charge in [0, 0.05) is 6.07 Å². The zero-order valence-electron chi connectivity index (χ0n) is 18.4. The normalized spacial score (nSPS) is 12.7. The average molecular weight is 403 g/mol. The number of nitrogens with zero attached hydrogens (tertiary/aromatic N) is 2. The molecule has 3 rings (SSSR count). The summed E-state index contributed by atoms with van der Waals surface area (Å²) in [5.41, 5.74) is 4.17. The maximum absolute atomic E-state index is 5.45. The van der Waals surface area contributed by atoms with Crippen molar-refractivity contribution in [1.82, 2.24) is 0 Å². The van der Waals surface area contributed by atoms with Crippen LogP contribution in [0.25, 0.3) is 0 Å². The van der Waals surface area contributed by atoms with Gasteiger partial charge in [0.1, 0.15) is 11.5 Å². The van der Waals surface area contributed by atoms with Crippen LogP contribution in [-0.2, 0) is 5.41 Å². The maximum Gasteiger partial charge on any atom is 0.122 e. The average Bonchev–Trinajstić information content (AvgIpc) is 2.78. The summed E-state index contributed by atoms with van der Waals surface area (Å²) in [6.45, 7) is 6.79. The molecule has 1 unspecified atom stereocenters. The Hall–Kier alpha value is -3.14. The highest BCUT2D eigenvalue weighted by Gasteiger charge is 2.25. The van der Waals surface area contributed by atoms with Crippen LogP contribution < -0.4 is 9.47 Å². The van der Waals surface area contributed by atoms with Crippen molar-refractivity contribution in [3.8, 4) is 11.5 Å². The Morgan fingerprint density at radius 2 is 1.30 bits per heavy atom. The minimum Gasteiger partial charge on any atom is -0.497 e. The summed E-state index contributed by atoms with van der Waals surface area (Å²) in [6.07, 6.45) is 0.994. The summed E-state index contributed by atoms with van der Waals surface area (Å²) < 4.78 is 10.9. The zero-order chi connectivity index (χ0) is 21.6. The lowest BCUT2D eigenvalue weighted by Crippen LogP contribution is -2.20. The van der Waals surface area contributed by atoms with Gasteiger partial charge in [0.15, 0.2) is 0 Å². The van der Waals surface area contributed by atoms with Gasteiger partial charge in [-0.1, -0.05) is 51.1 Å². The Morgan fingerprint density at radius 1 is 0.767 bits per heavy atom. The second kappa shape index (κ2) is 9.57. The fraction of sp³-hybridized carbons (Fsp3) is 0.308. The number of methoxy groups -OCH3 is 2. The standard InChI is InChI=1S/C26H30N2O2/c1-19(18-26(2,3)21-15-24(29-4)17-25(16-21)30-5)20-11-13-23(14-12-20)28-27-22-9-7-6-8-10-22/h6-17,19H,18H2,1-5H3. The highest BCUT2D eigenvalue weighted by molar-refractivity contribution is 5.43. The second-order valence-corrected chi connectivity index (χ2v) is 8.22. The van der Waals surface area contributed by atoms with Crippen molar-refractivity contribution in [3.63, 3.8) is 0 Å². The third kappa shape index (κ3) is 5.47. The highest BCUT2D eigenvalue weighted by atomic mass is 16.5. The van der Waals surface area contributed by atoms with Crippen LogP contribution in [0.15, 0.2) is 83.0 Å². The van der Waals surface area contributed by atoms with Crippen molar-refractivity contribution in [2.45, 2.75) is 38.5 Å². The fourth-order valence-electron chi connectivity index (χ4n) is 3.68. The quantitative estimate of drug-likeness (QED) is 0.364. The van der Waals surface area contributed by atoms with E-state index in [1.165, 1.54) is 11.1 Å². The van der Waals surface area contributed by atoms with Crippen LogP contribution in [-0.4, -0.2) is 14.2 Å². The lowest BCUT2D eigenvalue weighted by Gasteiger charge is -2.29. The van der Waals surface area contributed by atoms with Crippen LogP contribution in [0.4, 0.5) is 11.4 Å². The molecule has 0 aromatic heterocycles. The maximum atomic E-state index is 5.45. The molecule has 0 aliphatic carbocycles. The van der Waals surface area contributed by atoms with E-state index in [1.54, 1.807) is 14.2 Å². The van der Waals surface area contributed by atoms with Crippen molar-refractivity contribution in [2.75, 3.05) is 14.2 Å². The van der Waals surface area contributed by atoms with E-state index in [0.29, 0.717) is 5.92 Å². The zero-order valence-corrected chi connectivity index (χ0v) is 18.4. The molecule has 30 heavy (non-hydrogen) atoms. The van der Waals surface area contributed by atoms with Gasteiger partial charge in [-0.05, 0) is 65.3 Å². The van der Waals surface area contributed by atoms with Crippen LogP contribution in [0, 0.1) is 0 Å². The third-order valence-corrected chi connectivity index (χ3v) is 5.45. The molecule has 0 spiro atoms. The smallest absolute Gasteiger partial charge is 0.122 e. The van der Waals surface area contributed by atoms with Gasteiger partial charge in [0.2, 0.25) is 0 Å². The van der Waals surface area contributed by atoms with E-state index in [-0.39, 0.29) is 5.41 Å². The van der Waals surface area contributed by atoms with E-state index in [4.69, 9.17) is 9.47 Å². The van der Waals surface area contributed by atoms with E-state index in [2.05, 4.69) is 55.3 Å². The van der Waals surface area contributed by atoms with Crippen LogP contribution >= 0.6 is 0 Å². The molecule has 3 aromatic carbocycles. The van der Waals surface area contributed by atoms with Gasteiger partial charge in [0.25, 0.3) is 0 Å². The summed E-state index contributed by atoms with van der Waals surface area (Å²) in [5.74, 6) is 2.02. The van der Waals surface area contributed by atoms with Crippen molar-refractivity contribution in [2.24, 2.45) is 10.2 Å². The molecule has 0 heterocycles. The second-order valence-electron chi connectivity index (χ2n) is 8.22. The first-order valence-electron chi connectivity index (χ1n) is 10.2. The Balaban J connectivity index is 1.72. The number of rotatable bonds is 8. The SMILES string of the molecule is COc1cc(OC)cc(C(C)(C)CC(C)c2ccc(N=Nc3ccccc3)cc2)c1. The largest absolute Gasteiger partial charge is 0.497 e. The van der Waals surface area contributed by atoms with Crippen molar-refractivity contribution >= 4 is 11.4 Å². The minimum absolute atomic E-state index is 0.0348. The molecule has 4 heteroatoms. The molecule has 0 N–H and O–H groups in total. The van der Waals surface area contributed by atoms with E-state index in [0.717, 1.165) is 29.3 Å².